The van der Waals surface area contributed by atoms with Gasteiger partial charge in [0, 0.05) is 0 Å². The Morgan fingerprint density at radius 1 is 0.762 bits per heavy atom. The molecule has 2 N–H and O–H groups in total. The van der Waals surface area contributed by atoms with Gasteiger partial charge in [0.15, 0.2) is 0 Å². The molecule has 120 valence electrons. The lowest BCUT2D eigenvalue weighted by Gasteiger charge is -2.60. The number of fused-ring (bicyclic) bond motifs is 5. The number of aliphatic hydroxyl groups is 2. The van der Waals surface area contributed by atoms with Gasteiger partial charge in [-0.2, -0.15) is 0 Å². The van der Waals surface area contributed by atoms with Gasteiger partial charge in [0.2, 0.25) is 0 Å². The van der Waals surface area contributed by atoms with Crippen molar-refractivity contribution in [2.75, 3.05) is 0 Å². The number of rotatable bonds is 0. The van der Waals surface area contributed by atoms with E-state index in [9.17, 15) is 10.2 Å². The minimum absolute atomic E-state index is 0.0400. The first kappa shape index (κ1) is 14.5. The minimum Gasteiger partial charge on any atom is -0.393 e. The lowest BCUT2D eigenvalue weighted by atomic mass is 9.45. The van der Waals surface area contributed by atoms with E-state index < -0.39 is 0 Å². The Kier molecular flexibility index (Phi) is 3.25. The predicted octanol–water partition coefficient (Wildman–Crippen LogP) is 3.75. The van der Waals surface area contributed by atoms with Crippen molar-refractivity contribution in [1.29, 1.82) is 0 Å². The summed E-state index contributed by atoms with van der Waals surface area (Å²) in [5, 5.41) is 20.5. The second-order valence-electron chi connectivity index (χ2n) is 9.22. The number of aliphatic hydroxyl groups excluding tert-OH is 2. The molecule has 8 atom stereocenters. The smallest absolute Gasteiger partial charge is 0.0596 e. The Morgan fingerprint density at radius 3 is 2.29 bits per heavy atom. The topological polar surface area (TPSA) is 40.5 Å². The maximum absolute atomic E-state index is 10.5. The summed E-state index contributed by atoms with van der Waals surface area (Å²) < 4.78 is 0. The summed E-state index contributed by atoms with van der Waals surface area (Å²) in [5.74, 6) is 3.21. The van der Waals surface area contributed by atoms with Crippen molar-refractivity contribution in [1.82, 2.24) is 0 Å². The summed E-state index contributed by atoms with van der Waals surface area (Å²) in [4.78, 5) is 0. The molecule has 2 heteroatoms. The van der Waals surface area contributed by atoms with Crippen LogP contribution in [-0.2, 0) is 0 Å². The van der Waals surface area contributed by atoms with Crippen molar-refractivity contribution in [3.63, 3.8) is 0 Å². The largest absolute Gasteiger partial charge is 0.393 e. The summed E-state index contributed by atoms with van der Waals surface area (Å²) in [6.07, 6.45) is 10.7. The van der Waals surface area contributed by atoms with Crippen LogP contribution in [-0.4, -0.2) is 22.4 Å². The number of hydrogen-bond donors (Lipinski definition) is 2. The van der Waals surface area contributed by atoms with E-state index in [-0.39, 0.29) is 17.6 Å². The molecule has 21 heavy (non-hydrogen) atoms. The van der Waals surface area contributed by atoms with Crippen LogP contribution in [0.5, 0.6) is 0 Å². The van der Waals surface area contributed by atoms with Crippen LogP contribution in [0.15, 0.2) is 0 Å². The molecule has 0 saturated heterocycles. The zero-order valence-electron chi connectivity index (χ0n) is 13.7. The predicted molar refractivity (Wildman–Crippen MR) is 83.7 cm³/mol. The van der Waals surface area contributed by atoms with E-state index in [0.29, 0.717) is 5.41 Å². The molecule has 4 aliphatic rings. The first-order chi connectivity index (χ1) is 9.95. The van der Waals surface area contributed by atoms with Gasteiger partial charge in [-0.05, 0) is 92.3 Å². The second kappa shape index (κ2) is 4.71. The molecule has 0 unspecified atom stereocenters. The van der Waals surface area contributed by atoms with Crippen LogP contribution in [0, 0.1) is 34.5 Å². The van der Waals surface area contributed by atoms with Crippen molar-refractivity contribution in [2.24, 2.45) is 34.5 Å². The fraction of sp³-hybridized carbons (Fsp3) is 1.00. The Labute approximate surface area is 129 Å². The molecule has 0 heterocycles. The molecule has 0 aliphatic heterocycles. The Bertz CT molecular complexity index is 422. The minimum atomic E-state index is -0.0536. The Morgan fingerprint density at radius 2 is 1.48 bits per heavy atom. The van der Waals surface area contributed by atoms with Crippen LogP contribution < -0.4 is 0 Å². The highest BCUT2D eigenvalue weighted by Crippen LogP contribution is 2.66. The third-order valence-electron chi connectivity index (χ3n) is 8.59. The van der Waals surface area contributed by atoms with Gasteiger partial charge in [-0.1, -0.05) is 13.8 Å². The van der Waals surface area contributed by atoms with Crippen LogP contribution in [0.1, 0.15) is 71.6 Å². The molecule has 0 amide bonds. The maximum atomic E-state index is 10.5. The number of hydrogen-bond acceptors (Lipinski definition) is 2. The summed E-state index contributed by atoms with van der Waals surface area (Å²) in [6.45, 7) is 4.90. The Balaban J connectivity index is 1.62. The van der Waals surface area contributed by atoms with E-state index in [4.69, 9.17) is 0 Å². The summed E-state index contributed by atoms with van der Waals surface area (Å²) in [5.41, 5.74) is 0.676. The average Bonchev–Trinajstić information content (AvgIpc) is 2.76. The molecule has 0 radical (unpaired) electrons. The lowest BCUT2D eigenvalue weighted by Crippen LogP contribution is -2.54. The third kappa shape index (κ3) is 1.91. The van der Waals surface area contributed by atoms with Gasteiger partial charge < -0.3 is 10.2 Å². The monoisotopic (exact) mass is 292 g/mol. The van der Waals surface area contributed by atoms with Crippen LogP contribution in [0.25, 0.3) is 0 Å². The van der Waals surface area contributed by atoms with Crippen molar-refractivity contribution >= 4 is 0 Å². The van der Waals surface area contributed by atoms with Crippen molar-refractivity contribution in [3.05, 3.63) is 0 Å². The quantitative estimate of drug-likeness (QED) is 0.714. The fourth-order valence-electron chi connectivity index (χ4n) is 7.21. The highest BCUT2D eigenvalue weighted by Gasteiger charge is 2.59. The first-order valence-corrected chi connectivity index (χ1v) is 9.31. The average molecular weight is 292 g/mol. The summed E-state index contributed by atoms with van der Waals surface area (Å²) >= 11 is 0. The molecule has 0 aromatic heterocycles. The van der Waals surface area contributed by atoms with E-state index in [1.807, 2.05) is 0 Å². The van der Waals surface area contributed by atoms with E-state index >= 15 is 0 Å². The Hall–Kier alpha value is -0.0800. The molecule has 4 rings (SSSR count). The molecule has 4 saturated carbocycles. The zero-order chi connectivity index (χ0) is 14.8. The van der Waals surface area contributed by atoms with Crippen LogP contribution in [0.4, 0.5) is 0 Å². The van der Waals surface area contributed by atoms with Gasteiger partial charge in [0.05, 0.1) is 12.2 Å². The lowest BCUT2D eigenvalue weighted by molar-refractivity contribution is -0.133. The first-order valence-electron chi connectivity index (χ1n) is 9.31. The van der Waals surface area contributed by atoms with E-state index in [0.717, 1.165) is 42.9 Å². The van der Waals surface area contributed by atoms with Gasteiger partial charge in [-0.25, -0.2) is 0 Å². The van der Waals surface area contributed by atoms with E-state index in [2.05, 4.69) is 13.8 Å². The van der Waals surface area contributed by atoms with Crippen molar-refractivity contribution < 1.29 is 10.2 Å². The maximum Gasteiger partial charge on any atom is 0.0596 e. The molecule has 4 aliphatic carbocycles. The molecular weight excluding hydrogens is 260 g/mol. The molecule has 0 aromatic rings. The van der Waals surface area contributed by atoms with Crippen molar-refractivity contribution in [2.45, 2.75) is 83.8 Å². The molecule has 2 nitrogen and oxygen atoms in total. The summed E-state index contributed by atoms with van der Waals surface area (Å²) in [7, 11) is 0. The standard InChI is InChI=1S/C19H32O2/c1-18-9-7-13(20)11-12(18)3-4-14-15-5-6-17(21)19(15,2)10-8-16(14)18/h12-17,20-21H,3-11H2,1-2H3/t12-,13+,14+,15+,16+,17+,18-,19-/m0/s1. The van der Waals surface area contributed by atoms with Gasteiger partial charge in [-0.3, -0.25) is 0 Å². The summed E-state index contributed by atoms with van der Waals surface area (Å²) in [6, 6.07) is 0. The molecule has 0 bridgehead atoms. The zero-order valence-corrected chi connectivity index (χ0v) is 13.7. The van der Waals surface area contributed by atoms with Crippen LogP contribution in [0.2, 0.25) is 0 Å². The van der Waals surface area contributed by atoms with E-state index in [1.54, 1.807) is 0 Å². The third-order valence-corrected chi connectivity index (χ3v) is 8.59. The fourth-order valence-corrected chi connectivity index (χ4v) is 7.21. The SMILES string of the molecule is C[C@]12CC[C@@H](O)C[C@@H]1CC[C@H]1[C@H]2CC[C@]2(C)[C@H](O)CC[C@H]12. The second-order valence-corrected chi connectivity index (χ2v) is 9.22. The highest BCUT2D eigenvalue weighted by molar-refractivity contribution is 5.09. The highest BCUT2D eigenvalue weighted by atomic mass is 16.3. The van der Waals surface area contributed by atoms with E-state index in [1.165, 1.54) is 38.5 Å². The molecular formula is C19H32O2. The normalized spacial score (nSPS) is 60.0. The van der Waals surface area contributed by atoms with Gasteiger partial charge in [0.25, 0.3) is 0 Å². The van der Waals surface area contributed by atoms with Crippen LogP contribution in [0.3, 0.4) is 0 Å². The molecule has 4 fully saturated rings. The molecule has 0 spiro atoms. The molecule has 0 aromatic carbocycles. The van der Waals surface area contributed by atoms with Crippen LogP contribution >= 0.6 is 0 Å². The van der Waals surface area contributed by atoms with Gasteiger partial charge in [0.1, 0.15) is 0 Å². The van der Waals surface area contributed by atoms with Crippen molar-refractivity contribution in [3.8, 4) is 0 Å². The van der Waals surface area contributed by atoms with Gasteiger partial charge in [-0.15, -0.1) is 0 Å². The van der Waals surface area contributed by atoms with Gasteiger partial charge >= 0.3 is 0 Å².